The summed E-state index contributed by atoms with van der Waals surface area (Å²) < 4.78 is 1.93. The van der Waals surface area contributed by atoms with Gasteiger partial charge in [0.1, 0.15) is 5.82 Å². The maximum absolute atomic E-state index is 11.7. The summed E-state index contributed by atoms with van der Waals surface area (Å²) in [5.41, 5.74) is 3.02. The van der Waals surface area contributed by atoms with Crippen LogP contribution in [0.5, 0.6) is 0 Å². The van der Waals surface area contributed by atoms with E-state index in [2.05, 4.69) is 4.98 Å². The van der Waals surface area contributed by atoms with Crippen molar-refractivity contribution in [1.82, 2.24) is 9.38 Å². The van der Waals surface area contributed by atoms with Gasteiger partial charge in [0.15, 0.2) is 0 Å². The Morgan fingerprint density at radius 1 is 1.18 bits per heavy atom. The van der Waals surface area contributed by atoms with Gasteiger partial charge in [0.25, 0.3) is 0 Å². The number of hydrogen-bond acceptors (Lipinski definition) is 3. The number of Topliss-reactive ketones (excluding diaryl/α,β-unsaturated/α-hetero) is 1. The number of pyridine rings is 1. The molecule has 0 unspecified atom stereocenters. The van der Waals surface area contributed by atoms with E-state index < -0.39 is 11.6 Å². The summed E-state index contributed by atoms with van der Waals surface area (Å²) >= 11 is 0. The molecular formula is C13H10N2O2. The molecule has 0 saturated heterocycles. The lowest BCUT2D eigenvalue weighted by Gasteiger charge is -2.10. The fraction of sp³-hybridized carbons (Fsp3) is 0.154. The fourth-order valence-corrected chi connectivity index (χ4v) is 2.29. The van der Waals surface area contributed by atoms with Gasteiger partial charge >= 0.3 is 0 Å². The Morgan fingerprint density at radius 2 is 1.94 bits per heavy atom. The number of nitrogens with zero attached hydrogens (tertiary/aromatic N) is 2. The molecule has 1 aliphatic carbocycles. The van der Waals surface area contributed by atoms with Crippen molar-refractivity contribution in [3.63, 3.8) is 0 Å². The average molecular weight is 226 g/mol. The van der Waals surface area contributed by atoms with Gasteiger partial charge in [-0.1, -0.05) is 0 Å². The van der Waals surface area contributed by atoms with Crippen molar-refractivity contribution in [2.75, 3.05) is 0 Å². The van der Waals surface area contributed by atoms with E-state index in [1.807, 2.05) is 18.2 Å². The van der Waals surface area contributed by atoms with Gasteiger partial charge in [-0.25, -0.2) is 4.98 Å². The third-order valence-electron chi connectivity index (χ3n) is 3.07. The molecule has 84 valence electrons. The third kappa shape index (κ3) is 1.21. The van der Waals surface area contributed by atoms with Crippen molar-refractivity contribution in [1.29, 1.82) is 0 Å². The Kier molecular flexibility index (Phi) is 1.84. The molecule has 2 heterocycles. The van der Waals surface area contributed by atoms with Crippen LogP contribution in [-0.2, 0) is 4.79 Å². The summed E-state index contributed by atoms with van der Waals surface area (Å²) in [4.78, 5) is 27.4. The molecule has 4 heteroatoms. The molecule has 2 aromatic rings. The van der Waals surface area contributed by atoms with E-state index in [0.717, 1.165) is 22.6 Å². The monoisotopic (exact) mass is 226 g/mol. The molecule has 0 atom stereocenters. The largest absolute Gasteiger partial charge is 0.303 e. The van der Waals surface area contributed by atoms with Crippen LogP contribution in [-0.4, -0.2) is 21.0 Å². The highest BCUT2D eigenvalue weighted by atomic mass is 16.2. The van der Waals surface area contributed by atoms with Crippen molar-refractivity contribution in [2.24, 2.45) is 0 Å². The predicted octanol–water partition coefficient (Wildman–Crippen LogP) is 1.73. The molecule has 0 bridgehead atoms. The second-order valence-electron chi connectivity index (χ2n) is 4.13. The number of allylic oxidation sites excluding steroid dienone is 1. The van der Waals surface area contributed by atoms with E-state index in [1.54, 1.807) is 18.3 Å². The molecule has 0 fully saturated rings. The summed E-state index contributed by atoms with van der Waals surface area (Å²) in [5.74, 6) is -0.0305. The number of aryl methyl sites for hydroxylation is 2. The number of ketones is 2. The lowest BCUT2D eigenvalue weighted by atomic mass is 9.95. The first-order valence-electron chi connectivity index (χ1n) is 5.34. The SMILES string of the molecule is Cc1nc(C)n2ccc3c(c12)C=CC(=O)C3=O. The van der Waals surface area contributed by atoms with Gasteiger partial charge in [-0.3, -0.25) is 9.59 Å². The molecule has 2 aromatic heterocycles. The summed E-state index contributed by atoms with van der Waals surface area (Å²) in [7, 11) is 0. The van der Waals surface area contributed by atoms with Gasteiger partial charge in [-0.2, -0.15) is 0 Å². The van der Waals surface area contributed by atoms with Crippen molar-refractivity contribution >= 4 is 23.2 Å². The maximum atomic E-state index is 11.7. The molecule has 0 N–H and O–H groups in total. The molecule has 0 aromatic carbocycles. The molecule has 0 aliphatic heterocycles. The normalized spacial score (nSPS) is 14.5. The van der Waals surface area contributed by atoms with Crippen LogP contribution in [0.3, 0.4) is 0 Å². The van der Waals surface area contributed by atoms with E-state index in [9.17, 15) is 9.59 Å². The standard InChI is InChI=1S/C13H10N2O2/c1-7-12-9-3-4-11(16)13(17)10(9)5-6-15(12)8(2)14-7/h3-6H,1-2H3. The first-order valence-corrected chi connectivity index (χ1v) is 5.34. The van der Waals surface area contributed by atoms with Crippen molar-refractivity contribution < 1.29 is 9.59 Å². The molecule has 0 radical (unpaired) electrons. The Balaban J connectivity index is 2.47. The van der Waals surface area contributed by atoms with Crippen molar-refractivity contribution in [2.45, 2.75) is 13.8 Å². The van der Waals surface area contributed by atoms with Gasteiger partial charge in [0, 0.05) is 17.3 Å². The zero-order valence-corrected chi connectivity index (χ0v) is 9.52. The van der Waals surface area contributed by atoms with Gasteiger partial charge in [0.05, 0.1) is 11.2 Å². The minimum absolute atomic E-state index is 0.441. The quantitative estimate of drug-likeness (QED) is 0.643. The summed E-state index contributed by atoms with van der Waals surface area (Å²) in [6.07, 6.45) is 4.81. The third-order valence-corrected chi connectivity index (χ3v) is 3.07. The Morgan fingerprint density at radius 3 is 2.71 bits per heavy atom. The van der Waals surface area contributed by atoms with Crippen molar-refractivity contribution in [3.05, 3.63) is 41.0 Å². The highest BCUT2D eigenvalue weighted by Crippen LogP contribution is 2.25. The second kappa shape index (κ2) is 3.13. The Hall–Kier alpha value is -2.23. The Labute approximate surface area is 97.6 Å². The Bertz CT molecular complexity index is 708. The zero-order chi connectivity index (χ0) is 12.2. The maximum Gasteiger partial charge on any atom is 0.233 e. The highest BCUT2D eigenvalue weighted by molar-refractivity contribution is 6.50. The topological polar surface area (TPSA) is 51.4 Å². The minimum Gasteiger partial charge on any atom is -0.303 e. The first kappa shape index (κ1) is 9.96. The van der Waals surface area contributed by atoms with Crippen LogP contribution in [0, 0.1) is 13.8 Å². The van der Waals surface area contributed by atoms with Gasteiger partial charge < -0.3 is 4.40 Å². The van der Waals surface area contributed by atoms with E-state index >= 15 is 0 Å². The second-order valence-corrected chi connectivity index (χ2v) is 4.13. The molecule has 0 saturated carbocycles. The van der Waals surface area contributed by atoms with Crippen LogP contribution < -0.4 is 0 Å². The van der Waals surface area contributed by atoms with Crippen LogP contribution in [0.2, 0.25) is 0 Å². The molecular weight excluding hydrogens is 216 g/mol. The number of hydrogen-bond donors (Lipinski definition) is 0. The lowest BCUT2D eigenvalue weighted by Crippen LogP contribution is -2.17. The highest BCUT2D eigenvalue weighted by Gasteiger charge is 2.23. The van der Waals surface area contributed by atoms with E-state index in [4.69, 9.17) is 0 Å². The van der Waals surface area contributed by atoms with Crippen LogP contribution in [0.1, 0.15) is 27.4 Å². The van der Waals surface area contributed by atoms with Gasteiger partial charge in [-0.15, -0.1) is 0 Å². The fourth-order valence-electron chi connectivity index (χ4n) is 2.29. The zero-order valence-electron chi connectivity index (χ0n) is 9.52. The number of aromatic nitrogens is 2. The molecule has 1 aliphatic rings. The lowest BCUT2D eigenvalue weighted by molar-refractivity contribution is -0.110. The van der Waals surface area contributed by atoms with Crippen LogP contribution >= 0.6 is 0 Å². The summed E-state index contributed by atoms with van der Waals surface area (Å²) in [5, 5.41) is 0. The van der Waals surface area contributed by atoms with Crippen LogP contribution in [0.15, 0.2) is 18.3 Å². The first-order chi connectivity index (χ1) is 8.09. The van der Waals surface area contributed by atoms with Crippen LogP contribution in [0.4, 0.5) is 0 Å². The number of carbonyl (C=O) groups excluding carboxylic acids is 2. The molecule has 4 nitrogen and oxygen atoms in total. The van der Waals surface area contributed by atoms with E-state index in [0.29, 0.717) is 5.56 Å². The number of carbonyl (C=O) groups is 2. The van der Waals surface area contributed by atoms with Crippen molar-refractivity contribution in [3.8, 4) is 0 Å². The van der Waals surface area contributed by atoms with Gasteiger partial charge in [-0.05, 0) is 32.1 Å². The molecule has 0 spiro atoms. The number of fused-ring (bicyclic) bond motifs is 3. The molecule has 0 amide bonds. The minimum atomic E-state index is -0.462. The average Bonchev–Trinajstić information content (AvgIpc) is 2.60. The number of imidazole rings is 1. The smallest absolute Gasteiger partial charge is 0.233 e. The summed E-state index contributed by atoms with van der Waals surface area (Å²) in [6, 6.07) is 1.68. The summed E-state index contributed by atoms with van der Waals surface area (Å²) in [6.45, 7) is 3.81. The number of rotatable bonds is 0. The van der Waals surface area contributed by atoms with E-state index in [1.165, 1.54) is 6.08 Å². The molecule has 3 rings (SSSR count). The van der Waals surface area contributed by atoms with E-state index in [-0.39, 0.29) is 0 Å². The van der Waals surface area contributed by atoms with Crippen LogP contribution in [0.25, 0.3) is 11.6 Å². The van der Waals surface area contributed by atoms with Gasteiger partial charge in [0.2, 0.25) is 11.6 Å². The predicted molar refractivity (Wildman–Crippen MR) is 63.0 cm³/mol. The molecule has 17 heavy (non-hydrogen) atoms.